The van der Waals surface area contributed by atoms with Gasteiger partial charge in [0.1, 0.15) is 11.8 Å². The van der Waals surface area contributed by atoms with Gasteiger partial charge in [-0.2, -0.15) is 0 Å². The number of nitrogens with two attached hydrogens (primary N) is 1. The Kier molecular flexibility index (Phi) is 6.63. The Bertz CT molecular complexity index is 498. The molecule has 8 heteroatoms. The van der Waals surface area contributed by atoms with Crippen molar-refractivity contribution >= 4 is 40.9 Å². The largest absolute Gasteiger partial charge is 0.495 e. The Balaban J connectivity index is 2.43. The number of aliphatic carboxylic acids is 1. The molecular weight excluding hydrogens is 304 g/mol. The summed E-state index contributed by atoms with van der Waals surface area (Å²) in [7, 11) is 1.50. The number of amides is 1. The maximum atomic E-state index is 11.6. The number of carbonyl (C=O) groups excluding carboxylic acids is 1. The number of carboxylic acid groups (broad SMARTS) is 1. The van der Waals surface area contributed by atoms with Crippen LogP contribution in [-0.4, -0.2) is 41.6 Å². The van der Waals surface area contributed by atoms with Crippen LogP contribution in [0, 0.1) is 0 Å². The van der Waals surface area contributed by atoms with Crippen LogP contribution in [0.25, 0.3) is 0 Å². The SMILES string of the molecule is COc1ccc(NC(=O)CSC[C@@H](N)C(=O)O)cc1Cl. The summed E-state index contributed by atoms with van der Waals surface area (Å²) < 4.78 is 5.00. The maximum Gasteiger partial charge on any atom is 0.321 e. The van der Waals surface area contributed by atoms with E-state index in [9.17, 15) is 9.59 Å². The molecule has 20 heavy (non-hydrogen) atoms. The fourth-order valence-corrected chi connectivity index (χ4v) is 2.32. The topological polar surface area (TPSA) is 102 Å². The Labute approximate surface area is 125 Å². The second kappa shape index (κ2) is 7.98. The van der Waals surface area contributed by atoms with Crippen molar-refractivity contribution in [2.45, 2.75) is 6.04 Å². The molecule has 0 aromatic heterocycles. The molecule has 6 nitrogen and oxygen atoms in total. The molecular formula is C12H15ClN2O4S. The van der Waals surface area contributed by atoms with Crippen molar-refractivity contribution in [3.63, 3.8) is 0 Å². The number of ether oxygens (including phenoxy) is 1. The molecule has 0 aliphatic carbocycles. The Hall–Kier alpha value is -1.44. The zero-order valence-electron chi connectivity index (χ0n) is 10.8. The molecule has 1 amide bonds. The summed E-state index contributed by atoms with van der Waals surface area (Å²) in [5.74, 6) is -0.531. The van der Waals surface area contributed by atoms with E-state index < -0.39 is 12.0 Å². The molecule has 0 heterocycles. The van der Waals surface area contributed by atoms with Crippen molar-refractivity contribution in [3.05, 3.63) is 23.2 Å². The van der Waals surface area contributed by atoms with E-state index in [2.05, 4.69) is 5.32 Å². The first kappa shape index (κ1) is 16.6. The van der Waals surface area contributed by atoms with E-state index in [4.69, 9.17) is 27.2 Å². The Morgan fingerprint density at radius 2 is 2.25 bits per heavy atom. The molecule has 1 aromatic rings. The van der Waals surface area contributed by atoms with Crippen LogP contribution >= 0.6 is 23.4 Å². The standard InChI is InChI=1S/C12H15ClN2O4S/c1-19-10-3-2-7(4-8(10)13)15-11(16)6-20-5-9(14)12(17)18/h2-4,9H,5-6,14H2,1H3,(H,15,16)(H,17,18)/t9-/m1/s1. The fourth-order valence-electron chi connectivity index (χ4n) is 1.29. The third-order valence-electron chi connectivity index (χ3n) is 2.28. The van der Waals surface area contributed by atoms with Crippen LogP contribution in [0.2, 0.25) is 5.02 Å². The highest BCUT2D eigenvalue weighted by Gasteiger charge is 2.12. The van der Waals surface area contributed by atoms with Gasteiger partial charge in [0, 0.05) is 11.4 Å². The van der Waals surface area contributed by atoms with Crippen LogP contribution in [0.15, 0.2) is 18.2 Å². The molecule has 1 atom stereocenters. The zero-order valence-corrected chi connectivity index (χ0v) is 12.3. The van der Waals surface area contributed by atoms with E-state index in [1.54, 1.807) is 18.2 Å². The number of hydrogen-bond donors (Lipinski definition) is 3. The first-order chi connectivity index (χ1) is 9.43. The number of carbonyl (C=O) groups is 2. The minimum atomic E-state index is -1.08. The lowest BCUT2D eigenvalue weighted by molar-refractivity contribution is -0.137. The second-order valence-electron chi connectivity index (χ2n) is 3.86. The highest BCUT2D eigenvalue weighted by Crippen LogP contribution is 2.27. The third kappa shape index (κ3) is 5.28. The summed E-state index contributed by atoms with van der Waals surface area (Å²) in [6.45, 7) is 0. The van der Waals surface area contributed by atoms with Gasteiger partial charge >= 0.3 is 5.97 Å². The van der Waals surface area contributed by atoms with Gasteiger partial charge in [-0.25, -0.2) is 0 Å². The second-order valence-corrected chi connectivity index (χ2v) is 5.29. The summed E-state index contributed by atoms with van der Waals surface area (Å²) in [6, 6.07) is 3.91. The van der Waals surface area contributed by atoms with Gasteiger partial charge in [-0.15, -0.1) is 11.8 Å². The molecule has 0 bridgehead atoms. The number of thioether (sulfide) groups is 1. The Morgan fingerprint density at radius 3 is 2.80 bits per heavy atom. The van der Waals surface area contributed by atoms with Crippen molar-refractivity contribution in [3.8, 4) is 5.75 Å². The van der Waals surface area contributed by atoms with E-state index in [0.717, 1.165) is 11.8 Å². The van der Waals surface area contributed by atoms with Crippen LogP contribution < -0.4 is 15.8 Å². The summed E-state index contributed by atoms with van der Waals surface area (Å²) in [6.07, 6.45) is 0. The van der Waals surface area contributed by atoms with Gasteiger partial charge in [-0.05, 0) is 18.2 Å². The minimum absolute atomic E-state index is 0.116. The average Bonchev–Trinajstić information content (AvgIpc) is 2.38. The molecule has 0 spiro atoms. The predicted molar refractivity (Wildman–Crippen MR) is 79.6 cm³/mol. The highest BCUT2D eigenvalue weighted by molar-refractivity contribution is 8.00. The van der Waals surface area contributed by atoms with E-state index in [1.165, 1.54) is 7.11 Å². The molecule has 0 aliphatic rings. The molecule has 4 N–H and O–H groups in total. The van der Waals surface area contributed by atoms with Crippen molar-refractivity contribution in [1.29, 1.82) is 0 Å². The normalized spacial score (nSPS) is 11.8. The van der Waals surface area contributed by atoms with Crippen LogP contribution in [-0.2, 0) is 9.59 Å². The van der Waals surface area contributed by atoms with Gasteiger partial charge in [0.25, 0.3) is 0 Å². The smallest absolute Gasteiger partial charge is 0.321 e. The van der Waals surface area contributed by atoms with E-state index in [1.807, 2.05) is 0 Å². The van der Waals surface area contributed by atoms with Crippen molar-refractivity contribution in [2.24, 2.45) is 5.73 Å². The number of nitrogens with one attached hydrogen (secondary N) is 1. The molecule has 0 radical (unpaired) electrons. The summed E-state index contributed by atoms with van der Waals surface area (Å²) in [4.78, 5) is 22.1. The molecule has 0 fully saturated rings. The minimum Gasteiger partial charge on any atom is -0.495 e. The molecule has 0 saturated heterocycles. The highest BCUT2D eigenvalue weighted by atomic mass is 35.5. The number of anilines is 1. The first-order valence-electron chi connectivity index (χ1n) is 5.63. The number of hydrogen-bond acceptors (Lipinski definition) is 5. The third-order valence-corrected chi connectivity index (χ3v) is 3.64. The van der Waals surface area contributed by atoms with Gasteiger partial charge in [-0.3, -0.25) is 9.59 Å². The zero-order chi connectivity index (χ0) is 15.1. The lowest BCUT2D eigenvalue weighted by Crippen LogP contribution is -2.33. The summed E-state index contributed by atoms with van der Waals surface area (Å²) in [5.41, 5.74) is 5.87. The van der Waals surface area contributed by atoms with Crippen molar-refractivity contribution in [2.75, 3.05) is 23.9 Å². The number of methoxy groups -OCH3 is 1. The fraction of sp³-hybridized carbons (Fsp3) is 0.333. The van der Waals surface area contributed by atoms with Crippen LogP contribution in [0.3, 0.4) is 0 Å². The van der Waals surface area contributed by atoms with E-state index in [-0.39, 0.29) is 17.4 Å². The van der Waals surface area contributed by atoms with Gasteiger partial charge in [-0.1, -0.05) is 11.6 Å². The monoisotopic (exact) mass is 318 g/mol. The Morgan fingerprint density at radius 1 is 1.55 bits per heavy atom. The lowest BCUT2D eigenvalue weighted by Gasteiger charge is -2.09. The van der Waals surface area contributed by atoms with Crippen LogP contribution in [0.4, 0.5) is 5.69 Å². The number of carboxylic acids is 1. The molecule has 0 unspecified atom stereocenters. The lowest BCUT2D eigenvalue weighted by atomic mass is 10.3. The van der Waals surface area contributed by atoms with Crippen molar-refractivity contribution < 1.29 is 19.4 Å². The first-order valence-corrected chi connectivity index (χ1v) is 7.17. The van der Waals surface area contributed by atoms with Gasteiger partial charge in [0.2, 0.25) is 5.91 Å². The van der Waals surface area contributed by atoms with Crippen LogP contribution in [0.1, 0.15) is 0 Å². The summed E-state index contributed by atoms with van der Waals surface area (Å²) >= 11 is 7.08. The molecule has 110 valence electrons. The molecule has 0 saturated carbocycles. The molecule has 0 aliphatic heterocycles. The average molecular weight is 319 g/mol. The van der Waals surface area contributed by atoms with E-state index >= 15 is 0 Å². The van der Waals surface area contributed by atoms with Crippen molar-refractivity contribution in [1.82, 2.24) is 0 Å². The summed E-state index contributed by atoms with van der Waals surface area (Å²) in [5, 5.41) is 11.6. The molecule has 1 aromatic carbocycles. The number of benzene rings is 1. The van der Waals surface area contributed by atoms with E-state index in [0.29, 0.717) is 16.5 Å². The number of rotatable bonds is 7. The maximum absolute atomic E-state index is 11.6. The van der Waals surface area contributed by atoms with Crippen LogP contribution in [0.5, 0.6) is 5.75 Å². The number of halogens is 1. The van der Waals surface area contributed by atoms with Gasteiger partial charge < -0.3 is 20.9 Å². The quantitative estimate of drug-likeness (QED) is 0.703. The predicted octanol–water partition coefficient (Wildman–Crippen LogP) is 1.43. The van der Waals surface area contributed by atoms with Gasteiger partial charge in [0.15, 0.2) is 0 Å². The molecule has 1 rings (SSSR count). The van der Waals surface area contributed by atoms with Gasteiger partial charge in [0.05, 0.1) is 17.9 Å².